The summed E-state index contributed by atoms with van der Waals surface area (Å²) in [6.07, 6.45) is 0. The van der Waals surface area contributed by atoms with Crippen LogP contribution in [0.2, 0.25) is 0 Å². The van der Waals surface area contributed by atoms with Crippen LogP contribution in [-0.4, -0.2) is 19.5 Å². The van der Waals surface area contributed by atoms with Crippen LogP contribution in [0, 0.1) is 0 Å². The van der Waals surface area contributed by atoms with Gasteiger partial charge in [-0.2, -0.15) is 0 Å². The Morgan fingerprint density at radius 1 is 0.298 bits per heavy atom. The van der Waals surface area contributed by atoms with Crippen LogP contribution < -0.4 is 0 Å². The molecule has 0 unspecified atom stereocenters. The summed E-state index contributed by atoms with van der Waals surface area (Å²) in [6, 6.07) is 65.0. The minimum atomic E-state index is 0.664. The first-order valence-corrected chi connectivity index (χ1v) is 20.6. The van der Waals surface area contributed by atoms with Gasteiger partial charge in [0, 0.05) is 73.5 Å². The molecule has 0 aliphatic rings. The van der Waals surface area contributed by atoms with Crippen LogP contribution in [0.1, 0.15) is 0 Å². The summed E-state index contributed by atoms with van der Waals surface area (Å²) >= 11 is 3.69. The maximum Gasteiger partial charge on any atom is 0.164 e. The minimum absolute atomic E-state index is 0.664. The fourth-order valence-corrected chi connectivity index (χ4v) is 10.6. The third-order valence-electron chi connectivity index (χ3n) is 11.0. The predicted octanol–water partition coefficient (Wildman–Crippen LogP) is 14.4. The second kappa shape index (κ2) is 12.8. The molecule has 8 aromatic carbocycles. The standard InChI is InChI=1S/C51H30N4S2/c1-4-12-31(13-5-1)49-52-50(32-14-6-2-7-15-32)54-51(53-49)35-21-24-39-38-23-20-34(27-46(38)57-47(39)28-35)33-22-25-43-40(26-33)41-29-42-37-18-10-11-19-45(37)56-48(42)30-44(41)55(43)36-16-8-3-9-17-36/h1-30H. The van der Waals surface area contributed by atoms with Gasteiger partial charge in [-0.05, 0) is 65.7 Å². The quantitative estimate of drug-likeness (QED) is 0.175. The van der Waals surface area contributed by atoms with Gasteiger partial charge in [-0.1, -0.05) is 127 Å². The van der Waals surface area contributed by atoms with Crippen molar-refractivity contribution < 1.29 is 0 Å². The Morgan fingerprint density at radius 3 is 1.49 bits per heavy atom. The molecule has 0 atom stereocenters. The van der Waals surface area contributed by atoms with Crippen molar-refractivity contribution in [2.75, 3.05) is 0 Å². The van der Waals surface area contributed by atoms with E-state index in [2.05, 4.69) is 126 Å². The van der Waals surface area contributed by atoms with Gasteiger partial charge in [0.1, 0.15) is 0 Å². The van der Waals surface area contributed by atoms with Crippen LogP contribution in [0.3, 0.4) is 0 Å². The van der Waals surface area contributed by atoms with E-state index in [1.54, 1.807) is 0 Å². The monoisotopic (exact) mass is 762 g/mol. The Morgan fingerprint density at radius 2 is 0.789 bits per heavy atom. The van der Waals surface area contributed by atoms with Crippen LogP contribution in [0.15, 0.2) is 182 Å². The lowest BCUT2D eigenvalue weighted by Gasteiger charge is -2.08. The molecule has 0 fully saturated rings. The first-order chi connectivity index (χ1) is 28.2. The predicted molar refractivity (Wildman–Crippen MR) is 242 cm³/mol. The average Bonchev–Trinajstić information content (AvgIpc) is 3.94. The lowest BCUT2D eigenvalue weighted by Crippen LogP contribution is -1.99. The molecule has 12 rings (SSSR count). The molecule has 0 amide bonds. The molecule has 0 bridgehead atoms. The van der Waals surface area contributed by atoms with Gasteiger partial charge in [0.25, 0.3) is 0 Å². The SMILES string of the molecule is c1ccc(-c2nc(-c3ccccc3)nc(-c3ccc4c(c3)sc3cc(-c5ccc6c(c5)c5cc7c(cc5n6-c5ccccc5)sc5ccccc57)ccc34)n2)cc1. The number of hydrogen-bond acceptors (Lipinski definition) is 5. The molecule has 57 heavy (non-hydrogen) atoms. The van der Waals surface area contributed by atoms with Crippen molar-refractivity contribution >= 4 is 84.8 Å². The number of nitrogens with zero attached hydrogens (tertiary/aromatic N) is 4. The van der Waals surface area contributed by atoms with Crippen LogP contribution in [-0.2, 0) is 0 Å². The van der Waals surface area contributed by atoms with Crippen molar-refractivity contribution in [1.82, 2.24) is 19.5 Å². The minimum Gasteiger partial charge on any atom is -0.309 e. The number of hydrogen-bond donors (Lipinski definition) is 0. The van der Waals surface area contributed by atoms with Gasteiger partial charge in [0.15, 0.2) is 17.5 Å². The molecule has 0 aliphatic heterocycles. The Hall–Kier alpha value is -6.99. The van der Waals surface area contributed by atoms with Gasteiger partial charge in [-0.3, -0.25) is 0 Å². The summed E-state index contributed by atoms with van der Waals surface area (Å²) in [5, 5.41) is 7.65. The van der Waals surface area contributed by atoms with Gasteiger partial charge < -0.3 is 4.57 Å². The number of aromatic nitrogens is 4. The summed E-state index contributed by atoms with van der Waals surface area (Å²) in [4.78, 5) is 14.9. The zero-order chi connectivity index (χ0) is 37.5. The lowest BCUT2D eigenvalue weighted by molar-refractivity contribution is 1.07. The Kier molecular flexibility index (Phi) is 7.24. The van der Waals surface area contributed by atoms with Gasteiger partial charge in [0.2, 0.25) is 0 Å². The Labute approximate surface area is 335 Å². The molecule has 0 saturated heterocycles. The number of rotatable bonds is 5. The third-order valence-corrected chi connectivity index (χ3v) is 13.3. The molecule has 0 N–H and O–H groups in total. The van der Waals surface area contributed by atoms with E-state index in [9.17, 15) is 0 Å². The molecule has 4 nitrogen and oxygen atoms in total. The highest BCUT2D eigenvalue weighted by Crippen LogP contribution is 2.43. The summed E-state index contributed by atoms with van der Waals surface area (Å²) in [5.74, 6) is 1.99. The fraction of sp³-hybridized carbons (Fsp3) is 0. The highest BCUT2D eigenvalue weighted by atomic mass is 32.1. The zero-order valence-corrected chi connectivity index (χ0v) is 32.1. The maximum atomic E-state index is 4.99. The van der Waals surface area contributed by atoms with Crippen molar-refractivity contribution in [3.8, 4) is 51.0 Å². The van der Waals surface area contributed by atoms with Gasteiger partial charge in [-0.15, -0.1) is 22.7 Å². The summed E-state index contributed by atoms with van der Waals surface area (Å²) < 4.78 is 7.51. The molecule has 266 valence electrons. The van der Waals surface area contributed by atoms with E-state index in [-0.39, 0.29) is 0 Å². The Bertz CT molecular complexity index is 3450. The average molecular weight is 763 g/mol. The number of para-hydroxylation sites is 1. The van der Waals surface area contributed by atoms with E-state index >= 15 is 0 Å². The summed E-state index contributed by atoms with van der Waals surface area (Å²) in [7, 11) is 0. The van der Waals surface area contributed by atoms with Gasteiger partial charge >= 0.3 is 0 Å². The molecule has 0 saturated carbocycles. The van der Waals surface area contributed by atoms with E-state index < -0.39 is 0 Å². The highest BCUT2D eigenvalue weighted by Gasteiger charge is 2.18. The number of benzene rings is 8. The van der Waals surface area contributed by atoms with Crippen molar-refractivity contribution in [2.45, 2.75) is 0 Å². The normalized spacial score (nSPS) is 11.9. The van der Waals surface area contributed by atoms with E-state index in [0.29, 0.717) is 17.5 Å². The second-order valence-electron chi connectivity index (χ2n) is 14.4. The van der Waals surface area contributed by atoms with Crippen LogP contribution in [0.25, 0.3) is 113 Å². The van der Waals surface area contributed by atoms with E-state index in [4.69, 9.17) is 15.0 Å². The Balaban J connectivity index is 0.987. The molecule has 0 aliphatic carbocycles. The van der Waals surface area contributed by atoms with E-state index in [1.165, 1.54) is 79.0 Å². The third kappa shape index (κ3) is 5.30. The fourth-order valence-electron chi connectivity index (χ4n) is 8.31. The summed E-state index contributed by atoms with van der Waals surface area (Å²) in [5.41, 5.74) is 8.91. The summed E-state index contributed by atoms with van der Waals surface area (Å²) in [6.45, 7) is 0. The zero-order valence-electron chi connectivity index (χ0n) is 30.4. The topological polar surface area (TPSA) is 43.6 Å². The highest BCUT2D eigenvalue weighted by molar-refractivity contribution is 7.26. The van der Waals surface area contributed by atoms with Gasteiger partial charge in [0.05, 0.1) is 11.0 Å². The van der Waals surface area contributed by atoms with Crippen molar-refractivity contribution in [3.63, 3.8) is 0 Å². The van der Waals surface area contributed by atoms with Crippen LogP contribution >= 0.6 is 22.7 Å². The number of thiophene rings is 2. The first-order valence-electron chi connectivity index (χ1n) is 19.0. The lowest BCUT2D eigenvalue weighted by atomic mass is 10.0. The molecule has 0 radical (unpaired) electrons. The molecule has 12 aromatic rings. The molecule has 4 heterocycles. The molecule has 0 spiro atoms. The van der Waals surface area contributed by atoms with Crippen LogP contribution in [0.5, 0.6) is 0 Å². The first kappa shape index (κ1) is 32.3. The van der Waals surface area contributed by atoms with E-state index in [1.807, 2.05) is 83.3 Å². The van der Waals surface area contributed by atoms with Crippen molar-refractivity contribution in [3.05, 3.63) is 182 Å². The molecular formula is C51H30N4S2. The van der Waals surface area contributed by atoms with Crippen LogP contribution in [0.4, 0.5) is 0 Å². The number of fused-ring (bicyclic) bond motifs is 9. The van der Waals surface area contributed by atoms with Crippen molar-refractivity contribution in [2.24, 2.45) is 0 Å². The maximum absolute atomic E-state index is 4.99. The van der Waals surface area contributed by atoms with Crippen molar-refractivity contribution in [1.29, 1.82) is 0 Å². The largest absolute Gasteiger partial charge is 0.309 e. The molecule has 6 heteroatoms. The molecular weight excluding hydrogens is 733 g/mol. The smallest absolute Gasteiger partial charge is 0.164 e. The van der Waals surface area contributed by atoms with Gasteiger partial charge in [-0.25, -0.2) is 15.0 Å². The molecule has 4 aromatic heterocycles. The second-order valence-corrected chi connectivity index (χ2v) is 16.6. The van der Waals surface area contributed by atoms with E-state index in [0.717, 1.165) is 16.7 Å².